The van der Waals surface area contributed by atoms with Gasteiger partial charge in [0.25, 0.3) is 11.7 Å². The van der Waals surface area contributed by atoms with E-state index < -0.39 is 17.7 Å². The molecule has 3 aromatic heterocycles. The number of aliphatic hydroxyl groups excluding tert-OH is 1. The van der Waals surface area contributed by atoms with Gasteiger partial charge in [-0.3, -0.25) is 14.0 Å². The zero-order valence-electron chi connectivity index (χ0n) is 22.6. The maximum absolute atomic E-state index is 13.6. The van der Waals surface area contributed by atoms with Crippen LogP contribution in [0.15, 0.2) is 103 Å². The fourth-order valence-corrected chi connectivity index (χ4v) is 5.34. The maximum atomic E-state index is 13.6. The molecule has 5 aromatic rings. The number of likely N-dealkylation sites (tertiary alicyclic amines) is 1. The molecule has 6 rings (SSSR count). The molecular formula is C32H29N5O4. The molecule has 9 heteroatoms. The average molecular weight is 548 g/mol. The molecular weight excluding hydrogens is 518 g/mol. The smallest absolute Gasteiger partial charge is 0.295 e. The van der Waals surface area contributed by atoms with E-state index >= 15 is 0 Å². The van der Waals surface area contributed by atoms with E-state index in [1.165, 1.54) is 0 Å². The van der Waals surface area contributed by atoms with Crippen molar-refractivity contribution in [3.63, 3.8) is 0 Å². The predicted octanol–water partition coefficient (Wildman–Crippen LogP) is 4.93. The number of imidazole rings is 2. The molecule has 1 N–H and O–H groups in total. The summed E-state index contributed by atoms with van der Waals surface area (Å²) >= 11 is 0. The number of ketones is 1. The molecule has 41 heavy (non-hydrogen) atoms. The van der Waals surface area contributed by atoms with E-state index in [-0.39, 0.29) is 11.3 Å². The van der Waals surface area contributed by atoms with Gasteiger partial charge in [0.2, 0.25) is 0 Å². The Kier molecular flexibility index (Phi) is 7.08. The van der Waals surface area contributed by atoms with Crippen molar-refractivity contribution in [3.05, 3.63) is 126 Å². The standard InChI is InChI=1S/C32H29N5O4/c1-22-28(36-16-6-5-13-26(36)34-22)30(38)27-29(37(32(40)31(27)39)17-8-15-35-18-14-33-21-35)24-11-7-12-25(19-24)41-20-23-9-3-2-4-10-23/h2-7,9-14,16,18-19,21,29,38H,8,15,17,20H2,1H3. The van der Waals surface area contributed by atoms with Crippen LogP contribution in [0.3, 0.4) is 0 Å². The van der Waals surface area contributed by atoms with Crippen LogP contribution in [0.1, 0.15) is 35.0 Å². The number of aliphatic hydroxyl groups is 1. The number of amides is 1. The largest absolute Gasteiger partial charge is 0.505 e. The number of ether oxygens (including phenoxy) is 1. The third-order valence-electron chi connectivity index (χ3n) is 7.27. The SMILES string of the molecule is Cc1nc2ccccn2c1C(O)=C1C(=O)C(=O)N(CCCn2ccnc2)C1c1cccc(OCc2ccccc2)c1. The first-order valence-corrected chi connectivity index (χ1v) is 13.5. The lowest BCUT2D eigenvalue weighted by atomic mass is 9.96. The van der Waals surface area contributed by atoms with Crippen molar-refractivity contribution in [2.24, 2.45) is 0 Å². The van der Waals surface area contributed by atoms with Crippen molar-refractivity contribution in [3.8, 4) is 5.75 Å². The van der Waals surface area contributed by atoms with E-state index in [9.17, 15) is 14.7 Å². The topological polar surface area (TPSA) is 102 Å². The molecule has 9 nitrogen and oxygen atoms in total. The van der Waals surface area contributed by atoms with Gasteiger partial charge in [0.05, 0.1) is 23.6 Å². The molecule has 0 aliphatic carbocycles. The van der Waals surface area contributed by atoms with E-state index in [4.69, 9.17) is 4.74 Å². The first-order valence-electron chi connectivity index (χ1n) is 13.5. The summed E-state index contributed by atoms with van der Waals surface area (Å²) in [6.07, 6.45) is 7.64. The molecule has 0 radical (unpaired) electrons. The Hall–Kier alpha value is -5.18. The molecule has 1 amide bonds. The fourth-order valence-electron chi connectivity index (χ4n) is 5.34. The second-order valence-corrected chi connectivity index (χ2v) is 9.97. The van der Waals surface area contributed by atoms with Gasteiger partial charge in [0, 0.05) is 31.7 Å². The lowest BCUT2D eigenvalue weighted by Gasteiger charge is -2.26. The van der Waals surface area contributed by atoms with Crippen molar-refractivity contribution in [1.29, 1.82) is 0 Å². The van der Waals surface area contributed by atoms with Crippen LogP contribution in [0, 0.1) is 6.92 Å². The number of rotatable bonds is 9. The zero-order valence-corrected chi connectivity index (χ0v) is 22.6. The first kappa shape index (κ1) is 26.1. The molecule has 0 spiro atoms. The van der Waals surface area contributed by atoms with Crippen molar-refractivity contribution in [2.75, 3.05) is 6.54 Å². The normalized spacial score (nSPS) is 16.5. The number of hydrogen-bond acceptors (Lipinski definition) is 6. The Labute approximate surface area is 237 Å². The third-order valence-corrected chi connectivity index (χ3v) is 7.27. The number of hydrogen-bond donors (Lipinski definition) is 1. The quantitative estimate of drug-likeness (QED) is 0.160. The summed E-state index contributed by atoms with van der Waals surface area (Å²) in [5.74, 6) is -1.03. The highest BCUT2D eigenvalue weighted by Gasteiger charge is 2.46. The van der Waals surface area contributed by atoms with E-state index in [0.717, 1.165) is 5.56 Å². The van der Waals surface area contributed by atoms with Crippen molar-refractivity contribution >= 4 is 23.1 Å². The van der Waals surface area contributed by atoms with E-state index in [2.05, 4.69) is 9.97 Å². The molecule has 4 heterocycles. The number of aryl methyl sites for hydroxylation is 2. The van der Waals surface area contributed by atoms with Crippen LogP contribution < -0.4 is 4.74 Å². The van der Waals surface area contributed by atoms with Crippen molar-refractivity contribution in [2.45, 2.75) is 32.5 Å². The number of carbonyl (C=O) groups is 2. The summed E-state index contributed by atoms with van der Waals surface area (Å²) in [5.41, 5.74) is 3.30. The van der Waals surface area contributed by atoms with Crippen LogP contribution >= 0.6 is 0 Å². The summed E-state index contributed by atoms with van der Waals surface area (Å²) in [4.78, 5) is 37.2. The van der Waals surface area contributed by atoms with Gasteiger partial charge in [0.1, 0.15) is 23.7 Å². The van der Waals surface area contributed by atoms with Crippen molar-refractivity contribution in [1.82, 2.24) is 23.8 Å². The van der Waals surface area contributed by atoms with Gasteiger partial charge in [-0.1, -0.05) is 48.5 Å². The number of benzene rings is 2. The Morgan fingerprint density at radius 2 is 1.80 bits per heavy atom. The Bertz CT molecular complexity index is 1740. The minimum absolute atomic E-state index is 0.0339. The number of nitrogens with zero attached hydrogens (tertiary/aromatic N) is 5. The van der Waals surface area contributed by atoms with Gasteiger partial charge in [-0.25, -0.2) is 9.97 Å². The lowest BCUT2D eigenvalue weighted by Crippen LogP contribution is -2.31. The van der Waals surface area contributed by atoms with E-state index in [1.807, 2.05) is 83.6 Å². The third kappa shape index (κ3) is 5.09. The minimum atomic E-state index is -0.799. The number of pyridine rings is 1. The lowest BCUT2D eigenvalue weighted by molar-refractivity contribution is -0.139. The summed E-state index contributed by atoms with van der Waals surface area (Å²) in [6, 6.07) is 21.9. The molecule has 1 aliphatic rings. The highest BCUT2D eigenvalue weighted by Crippen LogP contribution is 2.41. The molecule has 2 aromatic carbocycles. The van der Waals surface area contributed by atoms with Crippen LogP contribution in [0.4, 0.5) is 0 Å². The molecule has 206 valence electrons. The maximum Gasteiger partial charge on any atom is 0.295 e. The molecule has 0 saturated carbocycles. The summed E-state index contributed by atoms with van der Waals surface area (Å²) in [5, 5.41) is 11.7. The molecule has 1 saturated heterocycles. The highest BCUT2D eigenvalue weighted by molar-refractivity contribution is 6.46. The van der Waals surface area contributed by atoms with Crippen LogP contribution in [0.5, 0.6) is 5.75 Å². The van der Waals surface area contributed by atoms with E-state index in [0.29, 0.717) is 54.5 Å². The Morgan fingerprint density at radius 3 is 2.61 bits per heavy atom. The van der Waals surface area contributed by atoms with Crippen LogP contribution in [0.25, 0.3) is 11.4 Å². The van der Waals surface area contributed by atoms with Gasteiger partial charge < -0.3 is 19.3 Å². The van der Waals surface area contributed by atoms with Gasteiger partial charge in [-0.2, -0.15) is 0 Å². The van der Waals surface area contributed by atoms with Gasteiger partial charge in [0.15, 0.2) is 5.76 Å². The number of carbonyl (C=O) groups excluding carboxylic acids is 2. The number of Topliss-reactive ketones (excluding diaryl/α,β-unsaturated/α-hetero) is 1. The van der Waals surface area contributed by atoms with Gasteiger partial charge >= 0.3 is 0 Å². The molecule has 1 atom stereocenters. The second kappa shape index (κ2) is 11.1. The monoisotopic (exact) mass is 547 g/mol. The Morgan fingerprint density at radius 1 is 0.976 bits per heavy atom. The average Bonchev–Trinajstić information content (AvgIpc) is 3.69. The fraction of sp³-hybridized carbons (Fsp3) is 0.188. The van der Waals surface area contributed by atoms with E-state index in [1.54, 1.807) is 34.9 Å². The Balaban J connectivity index is 1.40. The van der Waals surface area contributed by atoms with Gasteiger partial charge in [-0.15, -0.1) is 0 Å². The minimum Gasteiger partial charge on any atom is -0.505 e. The number of fused-ring (bicyclic) bond motifs is 1. The molecule has 1 unspecified atom stereocenters. The first-order chi connectivity index (χ1) is 20.0. The predicted molar refractivity (Wildman–Crippen MR) is 153 cm³/mol. The van der Waals surface area contributed by atoms with Crippen LogP contribution in [-0.2, 0) is 22.7 Å². The van der Waals surface area contributed by atoms with Crippen molar-refractivity contribution < 1.29 is 19.4 Å². The van der Waals surface area contributed by atoms with Gasteiger partial charge in [-0.05, 0) is 48.7 Å². The summed E-state index contributed by atoms with van der Waals surface area (Å²) in [7, 11) is 0. The summed E-state index contributed by atoms with van der Waals surface area (Å²) < 4.78 is 9.72. The second-order valence-electron chi connectivity index (χ2n) is 9.97. The highest BCUT2D eigenvalue weighted by atomic mass is 16.5. The van der Waals surface area contributed by atoms with Crippen LogP contribution in [-0.4, -0.2) is 47.2 Å². The van der Waals surface area contributed by atoms with Crippen LogP contribution in [0.2, 0.25) is 0 Å². The zero-order chi connectivity index (χ0) is 28.3. The molecule has 1 aliphatic heterocycles. The molecule has 1 fully saturated rings. The number of aromatic nitrogens is 4. The molecule has 0 bridgehead atoms. The summed E-state index contributed by atoms with van der Waals surface area (Å²) in [6.45, 7) is 3.08.